The van der Waals surface area contributed by atoms with Crippen LogP contribution in [0.4, 0.5) is 22.0 Å². The second-order valence-corrected chi connectivity index (χ2v) is 10.7. The quantitative estimate of drug-likeness (QED) is 0.420. The highest BCUT2D eigenvalue weighted by Gasteiger charge is 2.39. The molecule has 0 bridgehead atoms. The Bertz CT molecular complexity index is 586. The molecule has 0 fully saturated rings. The van der Waals surface area contributed by atoms with Crippen molar-refractivity contribution in [2.45, 2.75) is 57.1 Å². The van der Waals surface area contributed by atoms with Gasteiger partial charge in [-0.2, -0.15) is 22.0 Å². The average molecular weight is 364 g/mol. The van der Waals surface area contributed by atoms with Gasteiger partial charge in [-0.1, -0.05) is 32.9 Å². The summed E-state index contributed by atoms with van der Waals surface area (Å²) in [7, 11) is -2.11. The molecule has 0 amide bonds. The minimum atomic E-state index is -4.56. The van der Waals surface area contributed by atoms with Crippen molar-refractivity contribution in [3.63, 3.8) is 0 Å². The van der Waals surface area contributed by atoms with E-state index in [2.05, 4.69) is 5.54 Å². The van der Waals surface area contributed by atoms with Crippen LogP contribution in [0.1, 0.15) is 38.0 Å². The third kappa shape index (κ3) is 4.80. The van der Waals surface area contributed by atoms with Gasteiger partial charge in [0, 0.05) is 0 Å². The number of aliphatic hydroxyl groups excluding tert-OH is 1. The number of alkyl halides is 5. The lowest BCUT2D eigenvalue weighted by Crippen LogP contribution is -2.32. The Morgan fingerprint density at radius 2 is 1.42 bits per heavy atom. The molecular weight excluding hydrogens is 343 g/mol. The van der Waals surface area contributed by atoms with Crippen LogP contribution < -0.4 is 0 Å². The van der Waals surface area contributed by atoms with E-state index in [9.17, 15) is 27.1 Å². The zero-order valence-corrected chi connectivity index (χ0v) is 14.8. The molecule has 0 aliphatic heterocycles. The largest absolute Gasteiger partial charge is 0.416 e. The lowest BCUT2D eigenvalue weighted by Gasteiger charge is -2.22. The molecule has 1 nitrogen and oxygen atoms in total. The summed E-state index contributed by atoms with van der Waals surface area (Å²) in [5, 5.41) is 9.84. The number of aliphatic hydroxyl groups is 1. The maximum Gasteiger partial charge on any atom is 0.416 e. The zero-order valence-electron chi connectivity index (χ0n) is 13.8. The number of halogens is 5. The Morgan fingerprint density at radius 1 is 0.958 bits per heavy atom. The molecule has 1 rings (SSSR count). The maximum absolute atomic E-state index is 14.2. The van der Waals surface area contributed by atoms with Crippen LogP contribution in [0.25, 0.3) is 0 Å². The van der Waals surface area contributed by atoms with Crippen molar-refractivity contribution in [2.24, 2.45) is 0 Å². The van der Waals surface area contributed by atoms with Crippen LogP contribution in [0.2, 0.25) is 18.1 Å². The van der Waals surface area contributed by atoms with Gasteiger partial charge in [0.05, 0.1) is 5.56 Å². The van der Waals surface area contributed by atoms with Gasteiger partial charge in [0.1, 0.15) is 8.07 Å². The van der Waals surface area contributed by atoms with Crippen molar-refractivity contribution in [1.82, 2.24) is 0 Å². The summed E-state index contributed by atoms with van der Waals surface area (Å²) in [5.74, 6) is -1.81. The van der Waals surface area contributed by atoms with Crippen LogP contribution in [-0.4, -0.2) is 19.1 Å². The van der Waals surface area contributed by atoms with E-state index in [-0.39, 0.29) is 5.56 Å². The lowest BCUT2D eigenvalue weighted by molar-refractivity contribution is -0.137. The van der Waals surface area contributed by atoms with Gasteiger partial charge in [0.15, 0.2) is 6.10 Å². The molecule has 7 heteroatoms. The molecule has 0 saturated heterocycles. The third-order valence-corrected chi connectivity index (χ3v) is 9.14. The second-order valence-electron chi connectivity index (χ2n) is 5.74. The highest BCUT2D eigenvalue weighted by molar-refractivity contribution is 6.87. The Morgan fingerprint density at radius 3 is 1.79 bits per heavy atom. The molecule has 1 aromatic carbocycles. The molecular formula is C17H21F5OSi. The molecule has 24 heavy (non-hydrogen) atoms. The van der Waals surface area contributed by atoms with E-state index < -0.39 is 31.8 Å². The third-order valence-electron chi connectivity index (χ3n) is 4.42. The van der Waals surface area contributed by atoms with E-state index in [1.807, 2.05) is 26.7 Å². The Kier molecular flexibility index (Phi) is 6.59. The van der Waals surface area contributed by atoms with Gasteiger partial charge in [-0.15, -0.1) is 5.54 Å². The van der Waals surface area contributed by atoms with E-state index in [0.29, 0.717) is 12.1 Å². The van der Waals surface area contributed by atoms with Crippen LogP contribution in [0.3, 0.4) is 0 Å². The summed E-state index contributed by atoms with van der Waals surface area (Å²) in [6.45, 7) is 5.75. The molecule has 0 radical (unpaired) electrons. The van der Waals surface area contributed by atoms with Gasteiger partial charge in [-0.25, -0.2) is 0 Å². The fraction of sp³-hybridized carbons (Fsp3) is 0.529. The number of rotatable bonds is 5. The number of hydrogen-bond donors (Lipinski definition) is 1. The Hall–Kier alpha value is -1.39. The van der Waals surface area contributed by atoms with Gasteiger partial charge >= 0.3 is 12.1 Å². The summed E-state index contributed by atoms with van der Waals surface area (Å²) < 4.78 is 65.8. The van der Waals surface area contributed by atoms with Crippen LogP contribution in [-0.2, 0) is 6.18 Å². The molecule has 0 saturated carbocycles. The smallest absolute Gasteiger partial charge is 0.381 e. The number of benzene rings is 1. The lowest BCUT2D eigenvalue weighted by atomic mass is 10.0. The average Bonchev–Trinajstić information content (AvgIpc) is 2.55. The predicted octanol–water partition coefficient (Wildman–Crippen LogP) is 5.43. The molecule has 1 aromatic rings. The molecule has 1 N–H and O–H groups in total. The first kappa shape index (κ1) is 20.7. The zero-order chi connectivity index (χ0) is 18.6. The first-order chi connectivity index (χ1) is 11.0. The van der Waals surface area contributed by atoms with Gasteiger partial charge in [0.2, 0.25) is 0 Å². The summed E-state index contributed by atoms with van der Waals surface area (Å²) in [5.41, 5.74) is 1.46. The normalized spacial score (nSPS) is 14.0. The van der Waals surface area contributed by atoms with Crippen molar-refractivity contribution in [3.05, 3.63) is 35.4 Å². The van der Waals surface area contributed by atoms with Crippen LogP contribution in [0, 0.1) is 11.5 Å². The second kappa shape index (κ2) is 7.66. The van der Waals surface area contributed by atoms with Gasteiger partial charge in [-0.3, -0.25) is 0 Å². The first-order valence-corrected chi connectivity index (χ1v) is 10.4. The summed E-state index contributed by atoms with van der Waals surface area (Å²) >= 11 is 0. The van der Waals surface area contributed by atoms with E-state index in [4.69, 9.17) is 0 Å². The molecule has 1 atom stereocenters. The Labute approximate surface area is 139 Å². The van der Waals surface area contributed by atoms with Gasteiger partial charge in [-0.05, 0) is 41.7 Å². The molecule has 134 valence electrons. The molecule has 1 unspecified atom stereocenters. The van der Waals surface area contributed by atoms with Crippen LogP contribution >= 0.6 is 0 Å². The number of hydrogen-bond acceptors (Lipinski definition) is 1. The molecule has 0 spiro atoms. The van der Waals surface area contributed by atoms with E-state index >= 15 is 0 Å². The molecule has 0 heterocycles. The van der Waals surface area contributed by atoms with Crippen molar-refractivity contribution < 1.29 is 27.1 Å². The fourth-order valence-electron chi connectivity index (χ4n) is 2.36. The molecule has 0 aliphatic rings. The van der Waals surface area contributed by atoms with Crippen molar-refractivity contribution in [2.75, 3.05) is 0 Å². The highest BCUT2D eigenvalue weighted by Crippen LogP contribution is 2.34. The highest BCUT2D eigenvalue weighted by atomic mass is 28.3. The first-order valence-electron chi connectivity index (χ1n) is 7.78. The Balaban J connectivity index is 3.07. The van der Waals surface area contributed by atoms with Gasteiger partial charge < -0.3 is 5.11 Å². The summed E-state index contributed by atoms with van der Waals surface area (Å²) in [4.78, 5) is 0. The minimum absolute atomic E-state index is 0.293. The molecule has 0 aromatic heterocycles. The predicted molar refractivity (Wildman–Crippen MR) is 86.3 cm³/mol. The fourth-order valence-corrected chi connectivity index (χ4v) is 4.83. The van der Waals surface area contributed by atoms with Crippen LogP contribution in [0.15, 0.2) is 24.3 Å². The van der Waals surface area contributed by atoms with Crippen LogP contribution in [0.5, 0.6) is 0 Å². The summed E-state index contributed by atoms with van der Waals surface area (Å²) in [6.07, 6.45) is -6.81. The van der Waals surface area contributed by atoms with E-state index in [0.717, 1.165) is 30.3 Å². The minimum Gasteiger partial charge on any atom is -0.381 e. The summed E-state index contributed by atoms with van der Waals surface area (Å²) in [6, 6.07) is 5.26. The monoisotopic (exact) mass is 364 g/mol. The van der Waals surface area contributed by atoms with Crippen molar-refractivity contribution >= 4 is 8.07 Å². The molecule has 0 aliphatic carbocycles. The maximum atomic E-state index is 14.2. The SMILES string of the molecule is CC[Si](C#CC(F)(F)C(O)c1ccc(C(F)(F)F)cc1)(CC)CC. The van der Waals surface area contributed by atoms with E-state index in [1.165, 1.54) is 0 Å². The topological polar surface area (TPSA) is 20.2 Å². The van der Waals surface area contributed by atoms with Crippen molar-refractivity contribution in [3.8, 4) is 11.5 Å². The van der Waals surface area contributed by atoms with Gasteiger partial charge in [0.25, 0.3) is 0 Å². The van der Waals surface area contributed by atoms with Crippen molar-refractivity contribution in [1.29, 1.82) is 0 Å². The standard InChI is InChI=1S/C17H21F5OSi/c1-4-24(5-2,6-3)12-11-16(18,19)15(23)13-7-9-14(10-8-13)17(20,21)22/h7-10,15,23H,4-6H2,1-3H3. The van der Waals surface area contributed by atoms with E-state index in [1.54, 1.807) is 0 Å².